The Morgan fingerprint density at radius 3 is 2.63 bits per heavy atom. The predicted octanol–water partition coefficient (Wildman–Crippen LogP) is 4.06. The van der Waals surface area contributed by atoms with E-state index in [1.807, 2.05) is 39.0 Å². The molecule has 2 heterocycles. The molecule has 0 bridgehead atoms. The molecule has 1 atom stereocenters. The van der Waals surface area contributed by atoms with Gasteiger partial charge in [-0.2, -0.15) is 0 Å². The van der Waals surface area contributed by atoms with Crippen molar-refractivity contribution in [1.82, 2.24) is 9.88 Å². The number of hydrogen-bond donors (Lipinski definition) is 0. The van der Waals surface area contributed by atoms with E-state index in [1.165, 1.54) is 5.56 Å². The average Bonchev–Trinajstić information content (AvgIpc) is 3.21. The first-order valence-corrected chi connectivity index (χ1v) is 10.7. The molecule has 0 radical (unpaired) electrons. The molecule has 1 aromatic heterocycles. The molecule has 1 aliphatic heterocycles. The molecule has 1 aliphatic rings. The van der Waals surface area contributed by atoms with Crippen molar-refractivity contribution in [3.05, 3.63) is 53.2 Å². The minimum absolute atomic E-state index is 0.156. The molecule has 0 aliphatic carbocycles. The fourth-order valence-corrected chi connectivity index (χ4v) is 4.01. The van der Waals surface area contributed by atoms with Crippen LogP contribution in [0.5, 0.6) is 5.75 Å². The zero-order valence-corrected chi connectivity index (χ0v) is 18.7. The highest BCUT2D eigenvalue weighted by molar-refractivity contribution is 5.96. The number of esters is 1. The molecule has 0 saturated carbocycles. The Morgan fingerprint density at radius 2 is 2.00 bits per heavy atom. The third-order valence-electron chi connectivity index (χ3n) is 5.62. The van der Waals surface area contributed by atoms with Gasteiger partial charge < -0.3 is 14.4 Å². The normalized spacial score (nSPS) is 16.4. The third kappa shape index (κ3) is 5.11. The maximum atomic E-state index is 12.7. The summed E-state index contributed by atoms with van der Waals surface area (Å²) in [7, 11) is 1.69. The van der Waals surface area contributed by atoms with Crippen molar-refractivity contribution in [2.75, 3.05) is 31.6 Å². The molecule has 6 heteroatoms. The van der Waals surface area contributed by atoms with E-state index in [9.17, 15) is 4.79 Å². The minimum atomic E-state index is -0.292. The highest BCUT2D eigenvalue weighted by Gasteiger charge is 2.31. The van der Waals surface area contributed by atoms with Gasteiger partial charge in [0.15, 0.2) is 0 Å². The molecule has 1 saturated heterocycles. The fraction of sp³-hybridized carbons (Fsp3) is 0.500. The number of aryl methyl sites for hydroxylation is 1. The fourth-order valence-electron chi connectivity index (χ4n) is 4.01. The van der Waals surface area contributed by atoms with Gasteiger partial charge in [-0.1, -0.05) is 19.1 Å². The van der Waals surface area contributed by atoms with E-state index in [1.54, 1.807) is 13.3 Å². The quantitative estimate of drug-likeness (QED) is 0.611. The Labute approximate surface area is 179 Å². The lowest BCUT2D eigenvalue weighted by Crippen LogP contribution is -2.37. The number of nitrogens with zero attached hydrogens (tertiary/aromatic N) is 3. The van der Waals surface area contributed by atoms with Gasteiger partial charge in [0.05, 0.1) is 13.2 Å². The van der Waals surface area contributed by atoms with Gasteiger partial charge >= 0.3 is 5.97 Å². The van der Waals surface area contributed by atoms with Gasteiger partial charge in [-0.05, 0) is 63.1 Å². The molecule has 0 amide bonds. The number of benzene rings is 1. The second-order valence-electron chi connectivity index (χ2n) is 8.08. The van der Waals surface area contributed by atoms with Gasteiger partial charge in [-0.25, -0.2) is 9.78 Å². The van der Waals surface area contributed by atoms with Crippen LogP contribution in [0, 0.1) is 6.92 Å². The lowest BCUT2D eigenvalue weighted by Gasteiger charge is -2.28. The Hall–Kier alpha value is -2.60. The Balaban J connectivity index is 1.73. The van der Waals surface area contributed by atoms with E-state index >= 15 is 0 Å². The van der Waals surface area contributed by atoms with Crippen LogP contribution >= 0.6 is 0 Å². The van der Waals surface area contributed by atoms with Gasteiger partial charge in [0.2, 0.25) is 0 Å². The van der Waals surface area contributed by atoms with Gasteiger partial charge in [0, 0.05) is 31.9 Å². The molecule has 162 valence electrons. The molecule has 6 nitrogen and oxygen atoms in total. The van der Waals surface area contributed by atoms with Crippen LogP contribution in [0.15, 0.2) is 36.5 Å². The van der Waals surface area contributed by atoms with Gasteiger partial charge in [-0.15, -0.1) is 0 Å². The van der Waals surface area contributed by atoms with Gasteiger partial charge in [0.25, 0.3) is 0 Å². The minimum Gasteiger partial charge on any atom is -0.497 e. The van der Waals surface area contributed by atoms with Gasteiger partial charge in [0.1, 0.15) is 17.1 Å². The van der Waals surface area contributed by atoms with Crippen LogP contribution in [0.2, 0.25) is 0 Å². The molecule has 1 aromatic carbocycles. The second kappa shape index (κ2) is 9.94. The molecule has 2 aromatic rings. The number of likely N-dealkylation sites (N-methyl/N-ethyl adjacent to an activating group) is 1. The second-order valence-corrected chi connectivity index (χ2v) is 8.08. The van der Waals surface area contributed by atoms with Crippen LogP contribution in [0.1, 0.15) is 48.7 Å². The molecule has 1 fully saturated rings. The zero-order chi connectivity index (χ0) is 21.7. The third-order valence-corrected chi connectivity index (χ3v) is 5.62. The smallest absolute Gasteiger partial charge is 0.342 e. The largest absolute Gasteiger partial charge is 0.497 e. The van der Waals surface area contributed by atoms with Crippen LogP contribution in [0.4, 0.5) is 5.82 Å². The summed E-state index contributed by atoms with van der Waals surface area (Å²) in [4.78, 5) is 22.0. The van der Waals surface area contributed by atoms with E-state index in [0.717, 1.165) is 49.7 Å². The van der Waals surface area contributed by atoms with Crippen molar-refractivity contribution in [3.63, 3.8) is 0 Å². The van der Waals surface area contributed by atoms with Crippen molar-refractivity contribution < 1.29 is 14.3 Å². The van der Waals surface area contributed by atoms with Crippen LogP contribution in [-0.4, -0.2) is 54.7 Å². The van der Waals surface area contributed by atoms with E-state index in [4.69, 9.17) is 9.47 Å². The van der Waals surface area contributed by atoms with Crippen molar-refractivity contribution >= 4 is 11.8 Å². The summed E-state index contributed by atoms with van der Waals surface area (Å²) in [5.41, 5.74) is 2.76. The highest BCUT2D eigenvalue weighted by Crippen LogP contribution is 2.28. The zero-order valence-electron chi connectivity index (χ0n) is 18.7. The molecule has 30 heavy (non-hydrogen) atoms. The number of methoxy groups -OCH3 is 1. The first-order chi connectivity index (χ1) is 14.4. The number of ether oxygens (including phenoxy) is 2. The SMILES string of the molecule is CCN(Cc1ccc(OC)cc1)[C@@H]1CCN(c2nccc(C)c2C(=O)OC(C)C)C1. The maximum absolute atomic E-state index is 12.7. The predicted molar refractivity (Wildman–Crippen MR) is 119 cm³/mol. The van der Waals surface area contributed by atoms with Crippen LogP contribution in [-0.2, 0) is 11.3 Å². The molecule has 0 N–H and O–H groups in total. The summed E-state index contributed by atoms with van der Waals surface area (Å²) < 4.78 is 10.7. The number of carbonyl (C=O) groups is 1. The molecular formula is C24H33N3O3. The van der Waals surface area contributed by atoms with Crippen molar-refractivity contribution in [1.29, 1.82) is 0 Å². The molecule has 0 unspecified atom stereocenters. The summed E-state index contributed by atoms with van der Waals surface area (Å²) in [6.07, 6.45) is 2.66. The number of anilines is 1. The summed E-state index contributed by atoms with van der Waals surface area (Å²) in [6, 6.07) is 10.5. The van der Waals surface area contributed by atoms with Gasteiger partial charge in [-0.3, -0.25) is 4.90 Å². The highest BCUT2D eigenvalue weighted by atomic mass is 16.5. The maximum Gasteiger partial charge on any atom is 0.342 e. The topological polar surface area (TPSA) is 54.9 Å². The van der Waals surface area contributed by atoms with Crippen molar-refractivity contribution in [3.8, 4) is 5.75 Å². The standard InChI is InChI=1S/C24H33N3O3/c1-6-26(15-19-7-9-21(29-5)10-8-19)20-12-14-27(16-20)23-22(18(4)11-13-25-23)24(28)30-17(2)3/h7-11,13,17,20H,6,12,14-16H2,1-5H3/t20-/m1/s1. The van der Waals surface area contributed by atoms with E-state index in [2.05, 4.69) is 33.8 Å². The molecule has 0 spiro atoms. The Kier molecular flexibility index (Phi) is 7.32. The van der Waals surface area contributed by atoms with Crippen LogP contribution in [0.3, 0.4) is 0 Å². The van der Waals surface area contributed by atoms with Crippen LogP contribution in [0.25, 0.3) is 0 Å². The monoisotopic (exact) mass is 411 g/mol. The lowest BCUT2D eigenvalue weighted by atomic mass is 10.1. The summed E-state index contributed by atoms with van der Waals surface area (Å²) in [6.45, 7) is 11.5. The first kappa shape index (κ1) is 22.1. The van der Waals surface area contributed by atoms with Crippen LogP contribution < -0.4 is 9.64 Å². The average molecular weight is 412 g/mol. The summed E-state index contributed by atoms with van der Waals surface area (Å²) in [5.74, 6) is 1.32. The Morgan fingerprint density at radius 1 is 1.27 bits per heavy atom. The molecular weight excluding hydrogens is 378 g/mol. The van der Waals surface area contributed by atoms with E-state index in [0.29, 0.717) is 11.6 Å². The number of hydrogen-bond acceptors (Lipinski definition) is 6. The number of rotatable bonds is 8. The first-order valence-electron chi connectivity index (χ1n) is 10.7. The number of carbonyl (C=O) groups excluding carboxylic acids is 1. The summed E-state index contributed by atoms with van der Waals surface area (Å²) >= 11 is 0. The lowest BCUT2D eigenvalue weighted by molar-refractivity contribution is 0.0377. The van der Waals surface area contributed by atoms with E-state index < -0.39 is 0 Å². The van der Waals surface area contributed by atoms with Crippen molar-refractivity contribution in [2.24, 2.45) is 0 Å². The Bertz CT molecular complexity index is 851. The summed E-state index contributed by atoms with van der Waals surface area (Å²) in [5, 5.41) is 0. The van der Waals surface area contributed by atoms with E-state index in [-0.39, 0.29) is 12.1 Å². The molecule has 3 rings (SSSR count). The number of aromatic nitrogens is 1. The van der Waals surface area contributed by atoms with Crippen molar-refractivity contribution in [2.45, 2.75) is 52.8 Å². The number of pyridine rings is 1.